The number of ether oxygens (including phenoxy) is 2. The summed E-state index contributed by atoms with van der Waals surface area (Å²) in [7, 11) is 0. The van der Waals surface area contributed by atoms with Crippen molar-refractivity contribution in [2.75, 3.05) is 39.5 Å². The first-order valence-corrected chi connectivity index (χ1v) is 9.11. The number of rotatable bonds is 6. The third-order valence-electron chi connectivity index (χ3n) is 4.50. The summed E-state index contributed by atoms with van der Waals surface area (Å²) >= 11 is 0. The van der Waals surface area contributed by atoms with Crippen LogP contribution in [-0.4, -0.2) is 56.4 Å². The second kappa shape index (κ2) is 9.85. The van der Waals surface area contributed by atoms with Gasteiger partial charge in [0.05, 0.1) is 19.1 Å². The SMILES string of the molecule is O=C(NC(=O)C(c1ccccc1)c1ccccc1)OCCN1CCOCC1. The number of alkyl carbamates (subject to hydrolysis) is 1. The Morgan fingerprint density at radius 1 is 0.963 bits per heavy atom. The van der Waals surface area contributed by atoms with E-state index in [0.717, 1.165) is 24.2 Å². The van der Waals surface area contributed by atoms with E-state index in [1.807, 2.05) is 60.7 Å². The van der Waals surface area contributed by atoms with Gasteiger partial charge in [0, 0.05) is 19.6 Å². The van der Waals surface area contributed by atoms with Gasteiger partial charge in [-0.1, -0.05) is 60.7 Å². The highest BCUT2D eigenvalue weighted by atomic mass is 16.5. The van der Waals surface area contributed by atoms with Crippen molar-refractivity contribution in [3.8, 4) is 0 Å². The monoisotopic (exact) mass is 368 g/mol. The zero-order valence-electron chi connectivity index (χ0n) is 15.2. The largest absolute Gasteiger partial charge is 0.448 e. The van der Waals surface area contributed by atoms with E-state index in [1.54, 1.807) is 0 Å². The summed E-state index contributed by atoms with van der Waals surface area (Å²) < 4.78 is 10.5. The molecule has 2 amide bonds. The lowest BCUT2D eigenvalue weighted by molar-refractivity contribution is -0.121. The van der Waals surface area contributed by atoms with E-state index < -0.39 is 17.9 Å². The highest BCUT2D eigenvalue weighted by Crippen LogP contribution is 2.24. The van der Waals surface area contributed by atoms with Gasteiger partial charge in [-0.25, -0.2) is 4.79 Å². The fourth-order valence-corrected chi connectivity index (χ4v) is 3.09. The Balaban J connectivity index is 1.58. The molecule has 27 heavy (non-hydrogen) atoms. The number of nitrogens with one attached hydrogen (secondary N) is 1. The molecule has 1 aliphatic heterocycles. The molecule has 3 rings (SSSR count). The minimum atomic E-state index is -0.717. The van der Waals surface area contributed by atoms with Gasteiger partial charge in [-0.3, -0.25) is 15.0 Å². The number of nitrogens with zero attached hydrogens (tertiary/aromatic N) is 1. The Labute approximate surface area is 159 Å². The zero-order valence-corrected chi connectivity index (χ0v) is 15.2. The van der Waals surface area contributed by atoms with Crippen molar-refractivity contribution in [2.24, 2.45) is 0 Å². The fraction of sp³-hybridized carbons (Fsp3) is 0.333. The maximum atomic E-state index is 12.8. The van der Waals surface area contributed by atoms with Crippen LogP contribution in [0.3, 0.4) is 0 Å². The summed E-state index contributed by atoms with van der Waals surface area (Å²) in [4.78, 5) is 27.0. The molecule has 6 heteroatoms. The number of amides is 2. The third-order valence-corrected chi connectivity index (χ3v) is 4.50. The summed E-state index contributed by atoms with van der Waals surface area (Å²) in [5.41, 5.74) is 1.64. The molecule has 1 N–H and O–H groups in total. The van der Waals surface area contributed by atoms with Gasteiger partial charge >= 0.3 is 6.09 Å². The Morgan fingerprint density at radius 3 is 2.07 bits per heavy atom. The summed E-state index contributed by atoms with van der Waals surface area (Å²) in [6, 6.07) is 18.8. The van der Waals surface area contributed by atoms with E-state index >= 15 is 0 Å². The second-order valence-corrected chi connectivity index (χ2v) is 6.33. The highest BCUT2D eigenvalue weighted by Gasteiger charge is 2.24. The van der Waals surface area contributed by atoms with Crippen LogP contribution in [0.5, 0.6) is 0 Å². The molecule has 1 saturated heterocycles. The first kappa shape index (κ1) is 19.1. The summed E-state index contributed by atoms with van der Waals surface area (Å²) in [5, 5.41) is 2.37. The minimum Gasteiger partial charge on any atom is -0.448 e. The molecule has 1 heterocycles. The number of hydrogen-bond donors (Lipinski definition) is 1. The average molecular weight is 368 g/mol. The van der Waals surface area contributed by atoms with Crippen molar-refractivity contribution in [3.05, 3.63) is 71.8 Å². The second-order valence-electron chi connectivity index (χ2n) is 6.33. The van der Waals surface area contributed by atoms with Gasteiger partial charge in [-0.2, -0.15) is 0 Å². The molecule has 6 nitrogen and oxygen atoms in total. The number of morpholine rings is 1. The average Bonchev–Trinajstić information content (AvgIpc) is 2.70. The summed E-state index contributed by atoms with van der Waals surface area (Å²) in [6.07, 6.45) is -0.717. The van der Waals surface area contributed by atoms with Gasteiger partial charge in [0.2, 0.25) is 5.91 Å². The van der Waals surface area contributed by atoms with Crippen molar-refractivity contribution in [1.82, 2.24) is 10.2 Å². The first-order chi connectivity index (χ1) is 13.2. The van der Waals surface area contributed by atoms with Crippen LogP contribution in [0.2, 0.25) is 0 Å². The Kier molecular flexibility index (Phi) is 6.96. The summed E-state index contributed by atoms with van der Waals surface area (Å²) in [5.74, 6) is -0.969. The lowest BCUT2D eigenvalue weighted by Gasteiger charge is -2.26. The lowest BCUT2D eigenvalue weighted by atomic mass is 9.90. The van der Waals surface area contributed by atoms with Crippen LogP contribution in [0.15, 0.2) is 60.7 Å². The molecule has 0 radical (unpaired) electrons. The molecule has 142 valence electrons. The lowest BCUT2D eigenvalue weighted by Crippen LogP contribution is -2.40. The minimum absolute atomic E-state index is 0.237. The zero-order chi connectivity index (χ0) is 18.9. The Hall–Kier alpha value is -2.70. The molecule has 1 fully saturated rings. The van der Waals surface area contributed by atoms with E-state index in [1.165, 1.54) is 0 Å². The molecule has 0 aromatic heterocycles. The van der Waals surface area contributed by atoms with Gasteiger partial charge < -0.3 is 9.47 Å². The molecular formula is C21H24N2O4. The van der Waals surface area contributed by atoms with Crippen molar-refractivity contribution < 1.29 is 19.1 Å². The van der Waals surface area contributed by atoms with Crippen LogP contribution < -0.4 is 5.32 Å². The van der Waals surface area contributed by atoms with Gasteiger partial charge in [0.25, 0.3) is 0 Å². The van der Waals surface area contributed by atoms with Crippen LogP contribution in [0.1, 0.15) is 17.0 Å². The maximum Gasteiger partial charge on any atom is 0.413 e. The molecule has 0 spiro atoms. The van der Waals surface area contributed by atoms with Gasteiger partial charge in [-0.05, 0) is 11.1 Å². The number of benzene rings is 2. The molecule has 0 aliphatic carbocycles. The van der Waals surface area contributed by atoms with Crippen LogP contribution in [0, 0.1) is 0 Å². The molecule has 2 aromatic rings. The predicted octanol–water partition coefficient (Wildman–Crippen LogP) is 2.40. The normalized spacial score (nSPS) is 14.7. The molecule has 0 bridgehead atoms. The third kappa shape index (κ3) is 5.64. The predicted molar refractivity (Wildman–Crippen MR) is 101 cm³/mol. The maximum absolute atomic E-state index is 12.8. The molecule has 2 aromatic carbocycles. The van der Waals surface area contributed by atoms with E-state index in [2.05, 4.69) is 10.2 Å². The van der Waals surface area contributed by atoms with Crippen molar-refractivity contribution in [3.63, 3.8) is 0 Å². The molecule has 1 aliphatic rings. The number of hydrogen-bond acceptors (Lipinski definition) is 5. The number of carbonyl (C=O) groups is 2. The van der Waals surface area contributed by atoms with Crippen LogP contribution in [0.4, 0.5) is 4.79 Å². The number of carbonyl (C=O) groups excluding carboxylic acids is 2. The van der Waals surface area contributed by atoms with E-state index in [4.69, 9.17) is 9.47 Å². The van der Waals surface area contributed by atoms with Gasteiger partial charge in [0.1, 0.15) is 6.61 Å². The van der Waals surface area contributed by atoms with Crippen LogP contribution in [-0.2, 0) is 14.3 Å². The van der Waals surface area contributed by atoms with E-state index in [0.29, 0.717) is 19.8 Å². The fourth-order valence-electron chi connectivity index (χ4n) is 3.09. The van der Waals surface area contributed by atoms with Crippen molar-refractivity contribution in [2.45, 2.75) is 5.92 Å². The van der Waals surface area contributed by atoms with Gasteiger partial charge in [0.15, 0.2) is 0 Å². The van der Waals surface area contributed by atoms with E-state index in [-0.39, 0.29) is 6.61 Å². The standard InChI is InChI=1S/C21H24N2O4/c24-20(22-21(25)27-16-13-23-11-14-26-15-12-23)19(17-7-3-1-4-8-17)18-9-5-2-6-10-18/h1-10,19H,11-16H2,(H,22,24,25). The first-order valence-electron chi connectivity index (χ1n) is 9.11. The highest BCUT2D eigenvalue weighted by molar-refractivity contribution is 5.97. The quantitative estimate of drug-likeness (QED) is 0.848. The van der Waals surface area contributed by atoms with Crippen LogP contribution >= 0.6 is 0 Å². The molecular weight excluding hydrogens is 344 g/mol. The summed E-state index contributed by atoms with van der Waals surface area (Å²) in [6.45, 7) is 3.91. The Bertz CT molecular complexity index is 691. The molecule has 0 unspecified atom stereocenters. The van der Waals surface area contributed by atoms with Crippen LogP contribution in [0.25, 0.3) is 0 Å². The molecule has 0 saturated carbocycles. The molecule has 0 atom stereocenters. The van der Waals surface area contributed by atoms with Crippen molar-refractivity contribution in [1.29, 1.82) is 0 Å². The topological polar surface area (TPSA) is 67.9 Å². The smallest absolute Gasteiger partial charge is 0.413 e. The van der Waals surface area contributed by atoms with E-state index in [9.17, 15) is 9.59 Å². The Morgan fingerprint density at radius 2 is 1.52 bits per heavy atom. The van der Waals surface area contributed by atoms with Gasteiger partial charge in [-0.15, -0.1) is 0 Å². The number of imide groups is 1. The van der Waals surface area contributed by atoms with Crippen molar-refractivity contribution >= 4 is 12.0 Å².